The van der Waals surface area contributed by atoms with Crippen LogP contribution in [0.5, 0.6) is 11.5 Å². The Morgan fingerprint density at radius 1 is 1.08 bits per heavy atom. The van der Waals surface area contributed by atoms with Crippen molar-refractivity contribution in [1.82, 2.24) is 5.32 Å². The van der Waals surface area contributed by atoms with E-state index in [2.05, 4.69) is 5.32 Å². The first-order valence-electron chi connectivity index (χ1n) is 8.40. The molecule has 5 heteroatoms. The summed E-state index contributed by atoms with van der Waals surface area (Å²) in [6.45, 7) is 4.14. The highest BCUT2D eigenvalue weighted by Gasteiger charge is 2.22. The summed E-state index contributed by atoms with van der Waals surface area (Å²) in [5.74, 6) is 1.02. The fraction of sp³-hybridized carbons (Fsp3) is 0.350. The van der Waals surface area contributed by atoms with E-state index in [4.69, 9.17) is 15.2 Å². The third kappa shape index (κ3) is 5.50. The summed E-state index contributed by atoms with van der Waals surface area (Å²) in [4.78, 5) is 12.3. The first-order valence-corrected chi connectivity index (χ1v) is 8.40. The van der Waals surface area contributed by atoms with E-state index < -0.39 is 0 Å². The Bertz CT molecular complexity index is 676. The zero-order chi connectivity index (χ0) is 18.2. The molecule has 0 aliphatic carbocycles. The molecule has 0 aromatic heterocycles. The van der Waals surface area contributed by atoms with Crippen LogP contribution in [0.25, 0.3) is 0 Å². The van der Waals surface area contributed by atoms with E-state index in [1.807, 2.05) is 68.4 Å². The van der Waals surface area contributed by atoms with Crippen molar-refractivity contribution in [3.8, 4) is 11.5 Å². The smallest absolute Gasteiger partial charge is 0.224 e. The number of carbonyl (C=O) groups is 1. The molecule has 2 rings (SSSR count). The number of benzene rings is 2. The second-order valence-electron chi connectivity index (χ2n) is 6.08. The van der Waals surface area contributed by atoms with Crippen LogP contribution >= 0.6 is 0 Å². The number of hydrogen-bond donors (Lipinski definition) is 2. The van der Waals surface area contributed by atoms with Gasteiger partial charge in [0.25, 0.3) is 0 Å². The first kappa shape index (κ1) is 18.8. The Kier molecular flexibility index (Phi) is 6.83. The molecule has 0 aliphatic rings. The molecule has 3 N–H and O–H groups in total. The summed E-state index contributed by atoms with van der Waals surface area (Å²) >= 11 is 0. The number of methoxy groups -OCH3 is 1. The predicted molar refractivity (Wildman–Crippen MR) is 98.6 cm³/mol. The topological polar surface area (TPSA) is 73.6 Å². The maximum Gasteiger partial charge on any atom is 0.224 e. The maximum absolute atomic E-state index is 12.3. The van der Waals surface area contributed by atoms with Crippen LogP contribution < -0.4 is 20.5 Å². The van der Waals surface area contributed by atoms with E-state index in [9.17, 15) is 4.79 Å². The van der Waals surface area contributed by atoms with Crippen LogP contribution in [0.4, 0.5) is 0 Å². The quantitative estimate of drug-likeness (QED) is 0.773. The fourth-order valence-corrected chi connectivity index (χ4v) is 2.48. The Balaban J connectivity index is 1.84. The summed E-state index contributed by atoms with van der Waals surface area (Å²) in [5.41, 5.74) is 7.15. The first-order chi connectivity index (χ1) is 12.0. The predicted octanol–water partition coefficient (Wildman–Crippen LogP) is 2.91. The number of nitrogens with two attached hydrogens (primary N) is 1. The van der Waals surface area contributed by atoms with Crippen LogP contribution in [0.15, 0.2) is 54.6 Å². The lowest BCUT2D eigenvalue weighted by Gasteiger charge is -2.21. The number of rotatable bonds is 8. The molecule has 0 saturated carbocycles. The van der Waals surface area contributed by atoms with E-state index in [0.29, 0.717) is 12.3 Å². The van der Waals surface area contributed by atoms with Crippen LogP contribution in [0.2, 0.25) is 0 Å². The monoisotopic (exact) mass is 342 g/mol. The van der Waals surface area contributed by atoms with Gasteiger partial charge in [0.1, 0.15) is 17.6 Å². The van der Waals surface area contributed by atoms with Gasteiger partial charge in [-0.1, -0.05) is 43.3 Å². The van der Waals surface area contributed by atoms with Gasteiger partial charge < -0.3 is 20.5 Å². The molecule has 0 aliphatic heterocycles. The van der Waals surface area contributed by atoms with Crippen molar-refractivity contribution in [2.75, 3.05) is 13.7 Å². The van der Waals surface area contributed by atoms with Crippen LogP contribution in [0, 0.1) is 5.92 Å². The SMILES string of the molecule is COc1cccc(OC(C)CNC(=O)C(C)C(N)c2ccccc2)c1. The lowest BCUT2D eigenvalue weighted by Crippen LogP contribution is -2.40. The lowest BCUT2D eigenvalue weighted by molar-refractivity contribution is -0.125. The van der Waals surface area contributed by atoms with Crippen LogP contribution in [-0.4, -0.2) is 25.7 Å². The van der Waals surface area contributed by atoms with Crippen molar-refractivity contribution in [2.24, 2.45) is 11.7 Å². The van der Waals surface area contributed by atoms with Crippen LogP contribution in [-0.2, 0) is 4.79 Å². The summed E-state index contributed by atoms with van der Waals surface area (Å²) in [6, 6.07) is 16.7. The number of carbonyl (C=O) groups excluding carboxylic acids is 1. The molecule has 25 heavy (non-hydrogen) atoms. The third-order valence-electron chi connectivity index (χ3n) is 4.08. The molecule has 0 heterocycles. The summed E-state index contributed by atoms with van der Waals surface area (Å²) in [5, 5.41) is 2.91. The minimum absolute atomic E-state index is 0.0857. The van der Waals surface area contributed by atoms with E-state index in [0.717, 1.165) is 11.3 Å². The highest BCUT2D eigenvalue weighted by molar-refractivity contribution is 5.79. The molecule has 3 atom stereocenters. The van der Waals surface area contributed by atoms with Crippen molar-refractivity contribution in [3.63, 3.8) is 0 Å². The molecule has 0 saturated heterocycles. The molecule has 1 amide bonds. The maximum atomic E-state index is 12.3. The summed E-state index contributed by atoms with van der Waals surface area (Å²) < 4.78 is 11.0. The van der Waals surface area contributed by atoms with Crippen molar-refractivity contribution in [2.45, 2.75) is 26.0 Å². The van der Waals surface area contributed by atoms with Gasteiger partial charge in [-0.3, -0.25) is 4.79 Å². The Hall–Kier alpha value is -2.53. The number of nitrogens with one attached hydrogen (secondary N) is 1. The van der Waals surface area contributed by atoms with Gasteiger partial charge in [0, 0.05) is 12.1 Å². The second-order valence-corrected chi connectivity index (χ2v) is 6.08. The molecule has 0 bridgehead atoms. The molecule has 3 unspecified atom stereocenters. The molecular weight excluding hydrogens is 316 g/mol. The summed E-state index contributed by atoms with van der Waals surface area (Å²) in [6.07, 6.45) is -0.170. The zero-order valence-electron chi connectivity index (χ0n) is 14.9. The normalized spacial score (nSPS) is 14.2. The van der Waals surface area contributed by atoms with E-state index in [-0.39, 0.29) is 24.0 Å². The van der Waals surface area contributed by atoms with Crippen molar-refractivity contribution in [3.05, 3.63) is 60.2 Å². The van der Waals surface area contributed by atoms with Crippen molar-refractivity contribution >= 4 is 5.91 Å². The number of amides is 1. The highest BCUT2D eigenvalue weighted by Crippen LogP contribution is 2.21. The van der Waals surface area contributed by atoms with E-state index in [1.54, 1.807) is 7.11 Å². The molecule has 2 aromatic rings. The summed E-state index contributed by atoms with van der Waals surface area (Å²) in [7, 11) is 1.61. The van der Waals surface area contributed by atoms with Gasteiger partial charge in [0.2, 0.25) is 5.91 Å². The lowest BCUT2D eigenvalue weighted by atomic mass is 9.94. The average molecular weight is 342 g/mol. The fourth-order valence-electron chi connectivity index (χ4n) is 2.48. The largest absolute Gasteiger partial charge is 0.497 e. The van der Waals surface area contributed by atoms with Gasteiger partial charge in [-0.25, -0.2) is 0 Å². The highest BCUT2D eigenvalue weighted by atomic mass is 16.5. The molecule has 0 fully saturated rings. The number of hydrogen-bond acceptors (Lipinski definition) is 4. The Morgan fingerprint density at radius 2 is 1.76 bits per heavy atom. The average Bonchev–Trinajstić information content (AvgIpc) is 2.65. The molecule has 0 radical (unpaired) electrons. The molecule has 5 nitrogen and oxygen atoms in total. The van der Waals surface area contributed by atoms with Gasteiger partial charge in [-0.05, 0) is 24.6 Å². The minimum Gasteiger partial charge on any atom is -0.497 e. The van der Waals surface area contributed by atoms with Crippen molar-refractivity contribution in [1.29, 1.82) is 0 Å². The van der Waals surface area contributed by atoms with Crippen LogP contribution in [0.1, 0.15) is 25.5 Å². The van der Waals surface area contributed by atoms with E-state index in [1.165, 1.54) is 0 Å². The van der Waals surface area contributed by atoms with Gasteiger partial charge in [-0.15, -0.1) is 0 Å². The van der Waals surface area contributed by atoms with Gasteiger partial charge >= 0.3 is 0 Å². The van der Waals surface area contributed by atoms with Crippen molar-refractivity contribution < 1.29 is 14.3 Å². The van der Waals surface area contributed by atoms with Gasteiger partial charge in [0.15, 0.2) is 0 Å². The minimum atomic E-state index is -0.337. The molecular formula is C20H26N2O3. The second kappa shape index (κ2) is 9.08. The van der Waals surface area contributed by atoms with Gasteiger partial charge in [-0.2, -0.15) is 0 Å². The third-order valence-corrected chi connectivity index (χ3v) is 4.08. The van der Waals surface area contributed by atoms with E-state index >= 15 is 0 Å². The Labute approximate surface area is 149 Å². The Morgan fingerprint density at radius 3 is 2.44 bits per heavy atom. The van der Waals surface area contributed by atoms with Gasteiger partial charge in [0.05, 0.1) is 19.6 Å². The molecule has 134 valence electrons. The molecule has 0 spiro atoms. The van der Waals surface area contributed by atoms with Crippen LogP contribution in [0.3, 0.4) is 0 Å². The zero-order valence-corrected chi connectivity index (χ0v) is 14.9. The number of ether oxygens (including phenoxy) is 2. The molecule has 2 aromatic carbocycles. The standard InChI is InChI=1S/C20H26N2O3/c1-14(25-18-11-7-10-17(12-18)24-3)13-22-20(23)15(2)19(21)16-8-5-4-6-9-16/h4-12,14-15,19H,13,21H2,1-3H3,(H,22,23).